The van der Waals surface area contributed by atoms with Crippen molar-refractivity contribution in [2.75, 3.05) is 13.1 Å². The molecule has 2 aliphatic heterocycles. The Morgan fingerprint density at radius 3 is 2.61 bits per heavy atom. The van der Waals surface area contributed by atoms with E-state index in [0.717, 1.165) is 32.4 Å². The number of rotatable bonds is 1. The minimum absolute atomic E-state index is 0.0537. The summed E-state index contributed by atoms with van der Waals surface area (Å²) < 4.78 is 0. The van der Waals surface area contributed by atoms with Gasteiger partial charge < -0.3 is 10.2 Å². The molecule has 3 fully saturated rings. The van der Waals surface area contributed by atoms with E-state index in [1.807, 2.05) is 0 Å². The molecule has 0 spiro atoms. The van der Waals surface area contributed by atoms with Crippen molar-refractivity contribution in [2.24, 2.45) is 5.41 Å². The number of nitrogens with zero attached hydrogens (tertiary/aromatic N) is 1. The maximum Gasteiger partial charge on any atom is 0.228 e. The van der Waals surface area contributed by atoms with Crippen LogP contribution >= 0.6 is 0 Å². The van der Waals surface area contributed by atoms with E-state index in [2.05, 4.69) is 17.1 Å². The zero-order chi connectivity index (χ0) is 12.6. The minimum atomic E-state index is -0.0537. The quantitative estimate of drug-likeness (QED) is 0.774. The van der Waals surface area contributed by atoms with Crippen LogP contribution in [0.5, 0.6) is 0 Å². The Morgan fingerprint density at radius 2 is 1.83 bits per heavy atom. The molecule has 102 valence electrons. The zero-order valence-electron chi connectivity index (χ0n) is 11.6. The van der Waals surface area contributed by atoms with Crippen LogP contribution in [0.3, 0.4) is 0 Å². The van der Waals surface area contributed by atoms with Gasteiger partial charge in [0.2, 0.25) is 5.91 Å². The van der Waals surface area contributed by atoms with E-state index in [4.69, 9.17) is 0 Å². The fraction of sp³-hybridized carbons (Fsp3) is 0.933. The number of hydrogen-bond acceptors (Lipinski definition) is 2. The molecule has 2 bridgehead atoms. The van der Waals surface area contributed by atoms with Crippen LogP contribution in [0.25, 0.3) is 0 Å². The third-order valence-electron chi connectivity index (χ3n) is 5.28. The summed E-state index contributed by atoms with van der Waals surface area (Å²) in [5.41, 5.74) is -0.0537. The average molecular weight is 250 g/mol. The number of amides is 1. The SMILES string of the molecule is CC1(C(=O)N2CCC3CCC(C2)N3)CCCCC1. The lowest BCUT2D eigenvalue weighted by molar-refractivity contribution is -0.143. The highest BCUT2D eigenvalue weighted by molar-refractivity contribution is 5.82. The zero-order valence-corrected chi connectivity index (χ0v) is 11.6. The summed E-state index contributed by atoms with van der Waals surface area (Å²) in [6.07, 6.45) is 9.71. The molecule has 0 aromatic rings. The van der Waals surface area contributed by atoms with Gasteiger partial charge in [-0.05, 0) is 32.1 Å². The van der Waals surface area contributed by atoms with Crippen molar-refractivity contribution in [1.29, 1.82) is 0 Å². The van der Waals surface area contributed by atoms with Crippen LogP contribution in [0.2, 0.25) is 0 Å². The molecule has 3 aliphatic rings. The lowest BCUT2D eigenvalue weighted by Crippen LogP contribution is -2.46. The van der Waals surface area contributed by atoms with Crippen molar-refractivity contribution in [3.05, 3.63) is 0 Å². The third-order valence-corrected chi connectivity index (χ3v) is 5.28. The molecule has 0 radical (unpaired) electrons. The van der Waals surface area contributed by atoms with Gasteiger partial charge >= 0.3 is 0 Å². The minimum Gasteiger partial charge on any atom is -0.341 e. The Hall–Kier alpha value is -0.570. The molecular weight excluding hydrogens is 224 g/mol. The Kier molecular flexibility index (Phi) is 3.35. The van der Waals surface area contributed by atoms with Crippen LogP contribution in [0.15, 0.2) is 0 Å². The molecule has 1 amide bonds. The van der Waals surface area contributed by atoms with E-state index >= 15 is 0 Å². The maximum absolute atomic E-state index is 12.8. The summed E-state index contributed by atoms with van der Waals surface area (Å²) in [7, 11) is 0. The van der Waals surface area contributed by atoms with Gasteiger partial charge in [0.1, 0.15) is 0 Å². The van der Waals surface area contributed by atoms with Crippen molar-refractivity contribution in [3.63, 3.8) is 0 Å². The monoisotopic (exact) mass is 250 g/mol. The fourth-order valence-electron chi connectivity index (χ4n) is 4.06. The number of likely N-dealkylation sites (tertiary alicyclic amines) is 1. The van der Waals surface area contributed by atoms with Crippen molar-refractivity contribution >= 4 is 5.91 Å². The van der Waals surface area contributed by atoms with Gasteiger partial charge in [0, 0.05) is 30.6 Å². The summed E-state index contributed by atoms with van der Waals surface area (Å²) in [5.74, 6) is 0.441. The van der Waals surface area contributed by atoms with Crippen LogP contribution in [-0.4, -0.2) is 36.0 Å². The second-order valence-corrected chi connectivity index (χ2v) is 6.80. The van der Waals surface area contributed by atoms with E-state index < -0.39 is 0 Å². The smallest absolute Gasteiger partial charge is 0.228 e. The molecule has 18 heavy (non-hydrogen) atoms. The topological polar surface area (TPSA) is 32.3 Å². The van der Waals surface area contributed by atoms with Crippen molar-refractivity contribution < 1.29 is 4.79 Å². The van der Waals surface area contributed by atoms with Gasteiger partial charge in [0.25, 0.3) is 0 Å². The molecular formula is C15H26N2O. The Balaban J connectivity index is 1.68. The highest BCUT2D eigenvalue weighted by Crippen LogP contribution is 2.38. The summed E-state index contributed by atoms with van der Waals surface area (Å²) in [6, 6.07) is 1.24. The molecule has 3 nitrogen and oxygen atoms in total. The third kappa shape index (κ3) is 2.29. The molecule has 3 heteroatoms. The first-order chi connectivity index (χ1) is 8.67. The van der Waals surface area contributed by atoms with E-state index in [0.29, 0.717) is 18.0 Å². The molecule has 1 N–H and O–H groups in total. The molecule has 2 heterocycles. The van der Waals surface area contributed by atoms with Crippen LogP contribution in [0.4, 0.5) is 0 Å². The fourth-order valence-corrected chi connectivity index (χ4v) is 4.06. The van der Waals surface area contributed by atoms with E-state index in [1.54, 1.807) is 0 Å². The highest BCUT2D eigenvalue weighted by atomic mass is 16.2. The van der Waals surface area contributed by atoms with Gasteiger partial charge in [-0.1, -0.05) is 26.2 Å². The van der Waals surface area contributed by atoms with E-state index in [9.17, 15) is 4.79 Å². The lowest BCUT2D eigenvalue weighted by Gasteiger charge is -2.37. The maximum atomic E-state index is 12.8. The summed E-state index contributed by atoms with van der Waals surface area (Å²) in [5, 5.41) is 3.66. The summed E-state index contributed by atoms with van der Waals surface area (Å²) >= 11 is 0. The van der Waals surface area contributed by atoms with Gasteiger partial charge in [0.05, 0.1) is 0 Å². The normalized spacial score (nSPS) is 35.3. The second-order valence-electron chi connectivity index (χ2n) is 6.80. The standard InChI is InChI=1S/C15H26N2O/c1-15(8-3-2-4-9-15)14(18)17-10-7-12-5-6-13(11-17)16-12/h12-13,16H,2-11H2,1H3. The van der Waals surface area contributed by atoms with Crippen LogP contribution in [0.1, 0.15) is 58.3 Å². The predicted molar refractivity (Wildman–Crippen MR) is 72.3 cm³/mol. The first-order valence-corrected chi connectivity index (χ1v) is 7.73. The van der Waals surface area contributed by atoms with E-state index in [1.165, 1.54) is 32.1 Å². The average Bonchev–Trinajstić information content (AvgIpc) is 2.69. The van der Waals surface area contributed by atoms with Crippen LogP contribution < -0.4 is 5.32 Å². The lowest BCUT2D eigenvalue weighted by atomic mass is 9.74. The van der Waals surface area contributed by atoms with Crippen molar-refractivity contribution in [2.45, 2.75) is 70.4 Å². The summed E-state index contributed by atoms with van der Waals surface area (Å²) in [4.78, 5) is 15.0. The van der Waals surface area contributed by atoms with Crippen LogP contribution in [0, 0.1) is 5.41 Å². The molecule has 0 aromatic heterocycles. The van der Waals surface area contributed by atoms with Gasteiger partial charge in [-0.3, -0.25) is 4.79 Å². The van der Waals surface area contributed by atoms with Gasteiger partial charge in [-0.15, -0.1) is 0 Å². The van der Waals surface area contributed by atoms with Gasteiger partial charge in [-0.2, -0.15) is 0 Å². The first-order valence-electron chi connectivity index (χ1n) is 7.73. The second kappa shape index (κ2) is 4.84. The first kappa shape index (κ1) is 12.5. The Morgan fingerprint density at radius 1 is 1.11 bits per heavy atom. The molecule has 2 unspecified atom stereocenters. The largest absolute Gasteiger partial charge is 0.341 e. The molecule has 0 aromatic carbocycles. The van der Waals surface area contributed by atoms with Crippen molar-refractivity contribution in [3.8, 4) is 0 Å². The summed E-state index contributed by atoms with van der Waals surface area (Å²) in [6.45, 7) is 4.12. The Bertz CT molecular complexity index is 322. The molecule has 2 saturated heterocycles. The molecule has 1 aliphatic carbocycles. The molecule has 3 rings (SSSR count). The Labute approximate surface area is 110 Å². The van der Waals surface area contributed by atoms with E-state index in [-0.39, 0.29) is 5.41 Å². The number of hydrogen-bond donors (Lipinski definition) is 1. The molecule has 1 saturated carbocycles. The van der Waals surface area contributed by atoms with Crippen molar-refractivity contribution in [1.82, 2.24) is 10.2 Å². The number of fused-ring (bicyclic) bond motifs is 2. The number of carbonyl (C=O) groups is 1. The predicted octanol–water partition coefficient (Wildman–Crippen LogP) is 2.31. The van der Waals surface area contributed by atoms with Crippen LogP contribution in [-0.2, 0) is 4.79 Å². The van der Waals surface area contributed by atoms with Gasteiger partial charge in [0.15, 0.2) is 0 Å². The number of nitrogens with one attached hydrogen (secondary N) is 1. The molecule has 2 atom stereocenters. The number of carbonyl (C=O) groups excluding carboxylic acids is 1. The highest BCUT2D eigenvalue weighted by Gasteiger charge is 2.40. The van der Waals surface area contributed by atoms with Gasteiger partial charge in [-0.25, -0.2) is 0 Å².